The van der Waals surface area contributed by atoms with Crippen molar-refractivity contribution in [3.63, 3.8) is 0 Å². The lowest BCUT2D eigenvalue weighted by Gasteiger charge is -2.27. The molecule has 148 valence electrons. The lowest BCUT2D eigenvalue weighted by Crippen LogP contribution is -2.44. The van der Waals surface area contributed by atoms with Crippen LogP contribution < -0.4 is 4.74 Å². The molecule has 27 heavy (non-hydrogen) atoms. The third-order valence-electron chi connectivity index (χ3n) is 5.46. The predicted octanol–water partition coefficient (Wildman–Crippen LogP) is 1.59. The van der Waals surface area contributed by atoms with Crippen LogP contribution in [0.2, 0.25) is 0 Å². The molecule has 0 aliphatic carbocycles. The molecule has 2 saturated heterocycles. The molecule has 0 unspecified atom stereocenters. The molecule has 7 nitrogen and oxygen atoms in total. The van der Waals surface area contributed by atoms with Gasteiger partial charge in [-0.3, -0.25) is 4.79 Å². The highest BCUT2D eigenvalue weighted by molar-refractivity contribution is 5.80. The smallest absolute Gasteiger partial charge is 0.319 e. The van der Waals surface area contributed by atoms with E-state index in [2.05, 4.69) is 4.90 Å². The Hall–Kier alpha value is -2.35. The van der Waals surface area contributed by atoms with Gasteiger partial charge in [-0.2, -0.15) is 0 Å². The minimum Gasteiger partial charge on any atom is -0.494 e. The number of aliphatic carboxylic acids is 1. The van der Waals surface area contributed by atoms with Gasteiger partial charge < -0.3 is 24.5 Å². The van der Waals surface area contributed by atoms with E-state index in [1.165, 1.54) is 17.0 Å². The van der Waals surface area contributed by atoms with E-state index >= 15 is 0 Å². The Labute approximate surface area is 158 Å². The van der Waals surface area contributed by atoms with Crippen molar-refractivity contribution in [3.8, 4) is 5.75 Å². The molecule has 1 N–H and O–H groups in total. The van der Waals surface area contributed by atoms with Crippen molar-refractivity contribution in [2.24, 2.45) is 11.3 Å². The standard InChI is InChI=1S/C19H26FN3O4/c1-21(2)18(26)23-11-14-10-22(12-19(14,13-23)17(24)25)8-3-9-27-16-6-4-15(20)5-7-16/h4-7,14H,3,8-13H2,1-2H3,(H,24,25)/t14-,19-/m0/s1. The largest absolute Gasteiger partial charge is 0.494 e. The third-order valence-corrected chi connectivity index (χ3v) is 5.46. The number of rotatable bonds is 6. The summed E-state index contributed by atoms with van der Waals surface area (Å²) >= 11 is 0. The first kappa shape index (κ1) is 19.4. The van der Waals surface area contributed by atoms with Gasteiger partial charge in [0.2, 0.25) is 0 Å². The molecule has 1 aromatic rings. The van der Waals surface area contributed by atoms with Gasteiger partial charge in [-0.25, -0.2) is 9.18 Å². The molecule has 2 fully saturated rings. The van der Waals surface area contributed by atoms with Crippen LogP contribution >= 0.6 is 0 Å². The summed E-state index contributed by atoms with van der Waals surface area (Å²) in [6, 6.07) is 5.75. The molecule has 8 heteroatoms. The van der Waals surface area contributed by atoms with E-state index in [1.54, 1.807) is 31.1 Å². The van der Waals surface area contributed by atoms with Gasteiger partial charge in [-0.15, -0.1) is 0 Å². The monoisotopic (exact) mass is 379 g/mol. The highest BCUT2D eigenvalue weighted by Crippen LogP contribution is 2.43. The van der Waals surface area contributed by atoms with Gasteiger partial charge in [0.25, 0.3) is 0 Å². The summed E-state index contributed by atoms with van der Waals surface area (Å²) in [5, 5.41) is 9.84. The summed E-state index contributed by atoms with van der Waals surface area (Å²) in [7, 11) is 3.36. The summed E-state index contributed by atoms with van der Waals surface area (Å²) in [5.41, 5.74) is -0.885. The number of carboxylic acids is 1. The van der Waals surface area contributed by atoms with Crippen LogP contribution in [0, 0.1) is 17.2 Å². The van der Waals surface area contributed by atoms with Gasteiger partial charge in [-0.1, -0.05) is 0 Å². The number of likely N-dealkylation sites (tertiary alicyclic amines) is 2. The summed E-state index contributed by atoms with van der Waals surface area (Å²) in [6.07, 6.45) is 0.750. The molecule has 0 aromatic heterocycles. The van der Waals surface area contributed by atoms with Crippen LogP contribution in [-0.2, 0) is 4.79 Å². The molecule has 0 radical (unpaired) electrons. The van der Waals surface area contributed by atoms with Crippen LogP contribution in [0.3, 0.4) is 0 Å². The second kappa shape index (κ2) is 7.72. The van der Waals surface area contributed by atoms with Crippen molar-refractivity contribution in [2.75, 3.05) is 53.4 Å². The number of ether oxygens (including phenoxy) is 1. The molecule has 2 amide bonds. The predicted molar refractivity (Wildman–Crippen MR) is 97.2 cm³/mol. The molecule has 3 rings (SSSR count). The van der Waals surface area contributed by atoms with Gasteiger partial charge in [-0.05, 0) is 30.7 Å². The molecule has 0 spiro atoms. The number of hydrogen-bond donors (Lipinski definition) is 1. The minimum atomic E-state index is -0.885. The topological polar surface area (TPSA) is 73.3 Å². The maximum Gasteiger partial charge on any atom is 0.319 e. The molecule has 2 heterocycles. The fraction of sp³-hybridized carbons (Fsp3) is 0.579. The van der Waals surface area contributed by atoms with Gasteiger partial charge in [0, 0.05) is 52.7 Å². The molecule has 1 aromatic carbocycles. The number of carboxylic acid groups (broad SMARTS) is 1. The van der Waals surface area contributed by atoms with E-state index in [4.69, 9.17) is 4.74 Å². The number of carbonyl (C=O) groups is 2. The van der Waals surface area contributed by atoms with Gasteiger partial charge >= 0.3 is 12.0 Å². The molecule has 0 bridgehead atoms. The maximum absolute atomic E-state index is 12.9. The molecule has 2 aliphatic heterocycles. The maximum atomic E-state index is 12.9. The molecular formula is C19H26FN3O4. The Kier molecular flexibility index (Phi) is 5.55. The summed E-state index contributed by atoms with van der Waals surface area (Å²) in [4.78, 5) is 29.5. The number of halogens is 1. The Balaban J connectivity index is 1.50. The summed E-state index contributed by atoms with van der Waals surface area (Å²) < 4.78 is 18.5. The average Bonchev–Trinajstić information content (AvgIpc) is 3.14. The second-order valence-electron chi connectivity index (χ2n) is 7.61. The Morgan fingerprint density at radius 2 is 1.96 bits per heavy atom. The first-order chi connectivity index (χ1) is 12.8. The quantitative estimate of drug-likeness (QED) is 0.760. The number of carbonyl (C=O) groups excluding carboxylic acids is 1. The number of fused-ring (bicyclic) bond motifs is 1. The Morgan fingerprint density at radius 1 is 1.26 bits per heavy atom. The Bertz CT molecular complexity index is 697. The second-order valence-corrected chi connectivity index (χ2v) is 7.61. The number of urea groups is 1. The van der Waals surface area contributed by atoms with Gasteiger partial charge in [0.15, 0.2) is 0 Å². The van der Waals surface area contributed by atoms with E-state index < -0.39 is 11.4 Å². The SMILES string of the molecule is CN(C)C(=O)N1C[C@@H]2CN(CCCOc3ccc(F)cc3)C[C@]2(C(=O)O)C1. The Morgan fingerprint density at radius 3 is 2.56 bits per heavy atom. The zero-order valence-corrected chi connectivity index (χ0v) is 15.7. The number of amides is 2. The van der Waals surface area contributed by atoms with Gasteiger partial charge in [0.1, 0.15) is 17.0 Å². The first-order valence-electron chi connectivity index (χ1n) is 9.12. The average molecular weight is 379 g/mol. The molecule has 2 atom stereocenters. The van der Waals surface area contributed by atoms with Crippen molar-refractivity contribution < 1.29 is 23.8 Å². The zero-order chi connectivity index (χ0) is 19.6. The van der Waals surface area contributed by atoms with Crippen molar-refractivity contribution in [2.45, 2.75) is 6.42 Å². The lowest BCUT2D eigenvalue weighted by atomic mass is 9.81. The molecule has 2 aliphatic rings. The summed E-state index contributed by atoms with van der Waals surface area (Å²) in [5.74, 6) is -0.565. The van der Waals surface area contributed by atoms with Crippen LogP contribution in [0.5, 0.6) is 5.75 Å². The zero-order valence-electron chi connectivity index (χ0n) is 15.7. The van der Waals surface area contributed by atoms with Crippen LogP contribution in [0.4, 0.5) is 9.18 Å². The summed E-state index contributed by atoms with van der Waals surface area (Å²) in [6.45, 7) is 3.06. The number of hydrogen-bond acceptors (Lipinski definition) is 4. The minimum absolute atomic E-state index is 0.0584. The van der Waals surface area contributed by atoms with E-state index in [0.717, 1.165) is 13.0 Å². The van der Waals surface area contributed by atoms with E-state index in [0.29, 0.717) is 32.0 Å². The van der Waals surface area contributed by atoms with Crippen molar-refractivity contribution >= 4 is 12.0 Å². The third kappa shape index (κ3) is 4.00. The van der Waals surface area contributed by atoms with Crippen molar-refractivity contribution in [3.05, 3.63) is 30.1 Å². The number of benzene rings is 1. The van der Waals surface area contributed by atoms with Crippen LogP contribution in [0.1, 0.15) is 6.42 Å². The highest BCUT2D eigenvalue weighted by atomic mass is 19.1. The van der Waals surface area contributed by atoms with Gasteiger partial charge in [0.05, 0.1) is 6.61 Å². The fourth-order valence-electron chi connectivity index (χ4n) is 4.08. The molecule has 0 saturated carbocycles. The van der Waals surface area contributed by atoms with E-state index in [9.17, 15) is 19.1 Å². The normalized spacial score (nSPS) is 24.7. The fourth-order valence-corrected chi connectivity index (χ4v) is 4.08. The van der Waals surface area contributed by atoms with E-state index in [-0.39, 0.29) is 24.3 Å². The molecular weight excluding hydrogens is 353 g/mol. The van der Waals surface area contributed by atoms with Crippen molar-refractivity contribution in [1.82, 2.24) is 14.7 Å². The highest BCUT2D eigenvalue weighted by Gasteiger charge is 2.58. The lowest BCUT2D eigenvalue weighted by molar-refractivity contribution is -0.148. The number of nitrogens with zero attached hydrogens (tertiary/aromatic N) is 3. The first-order valence-corrected chi connectivity index (χ1v) is 9.12. The van der Waals surface area contributed by atoms with Crippen LogP contribution in [0.25, 0.3) is 0 Å². The van der Waals surface area contributed by atoms with E-state index in [1.807, 2.05) is 0 Å². The van der Waals surface area contributed by atoms with Crippen LogP contribution in [-0.4, -0.2) is 85.2 Å². The van der Waals surface area contributed by atoms with Crippen molar-refractivity contribution in [1.29, 1.82) is 0 Å². The van der Waals surface area contributed by atoms with Crippen LogP contribution in [0.15, 0.2) is 24.3 Å².